The molecular formula is C16H26N4O4S. The molecule has 1 heterocycles. The van der Waals surface area contributed by atoms with Crippen molar-refractivity contribution in [1.82, 2.24) is 10.6 Å². The van der Waals surface area contributed by atoms with Gasteiger partial charge in [-0.25, -0.2) is 13.6 Å². The molecule has 1 aromatic carbocycles. The molecule has 0 aromatic heterocycles. The van der Waals surface area contributed by atoms with Gasteiger partial charge in [0.2, 0.25) is 10.0 Å². The normalized spacial score (nSPS) is 18.3. The Kier molecular flexibility index (Phi) is 7.63. The second-order valence-corrected chi connectivity index (χ2v) is 7.32. The first-order chi connectivity index (χ1) is 12.0. The molecule has 140 valence electrons. The number of guanidine groups is 1. The summed E-state index contributed by atoms with van der Waals surface area (Å²) in [6.07, 6.45) is 2.05. The van der Waals surface area contributed by atoms with Gasteiger partial charge < -0.3 is 20.1 Å². The maximum absolute atomic E-state index is 11.4. The highest BCUT2D eigenvalue weighted by Crippen LogP contribution is 2.09. The Hall–Kier alpha value is -1.68. The van der Waals surface area contributed by atoms with Gasteiger partial charge in [0, 0.05) is 33.4 Å². The van der Waals surface area contributed by atoms with Gasteiger partial charge in [-0.2, -0.15) is 0 Å². The maximum atomic E-state index is 11.4. The molecule has 2 rings (SSSR count). The zero-order chi connectivity index (χ0) is 18.1. The number of nitrogens with two attached hydrogens (primary N) is 1. The Morgan fingerprint density at radius 1 is 1.44 bits per heavy atom. The molecule has 1 aromatic rings. The number of rotatable bonds is 8. The highest BCUT2D eigenvalue weighted by Gasteiger charge is 2.15. The summed E-state index contributed by atoms with van der Waals surface area (Å²) in [6.45, 7) is 3.32. The van der Waals surface area contributed by atoms with Gasteiger partial charge in [-0.15, -0.1) is 0 Å². The van der Waals surface area contributed by atoms with Gasteiger partial charge in [0.15, 0.2) is 5.96 Å². The number of nitrogens with one attached hydrogen (secondary N) is 2. The molecule has 9 heteroatoms. The molecule has 1 aliphatic rings. The molecule has 4 N–H and O–H groups in total. The van der Waals surface area contributed by atoms with Crippen molar-refractivity contribution < 1.29 is 17.9 Å². The smallest absolute Gasteiger partial charge is 0.238 e. The first kappa shape index (κ1) is 19.6. The predicted molar refractivity (Wildman–Crippen MR) is 95.8 cm³/mol. The van der Waals surface area contributed by atoms with Gasteiger partial charge in [0.1, 0.15) is 0 Å². The number of aliphatic imine (C=N–C) groups is 1. The second kappa shape index (κ2) is 9.71. The molecule has 0 bridgehead atoms. The third-order valence-electron chi connectivity index (χ3n) is 3.77. The number of hydrogen-bond acceptors (Lipinski definition) is 5. The first-order valence-corrected chi connectivity index (χ1v) is 9.79. The van der Waals surface area contributed by atoms with Crippen LogP contribution in [0, 0.1) is 0 Å². The lowest BCUT2D eigenvalue weighted by Crippen LogP contribution is -2.37. The molecule has 1 fully saturated rings. The van der Waals surface area contributed by atoms with E-state index < -0.39 is 10.0 Å². The largest absolute Gasteiger partial charge is 0.379 e. The lowest BCUT2D eigenvalue weighted by molar-refractivity contribution is 0.0420. The lowest BCUT2D eigenvalue weighted by atomic mass is 10.2. The maximum Gasteiger partial charge on any atom is 0.238 e. The van der Waals surface area contributed by atoms with E-state index in [-0.39, 0.29) is 11.0 Å². The second-order valence-electron chi connectivity index (χ2n) is 5.75. The summed E-state index contributed by atoms with van der Waals surface area (Å²) in [5, 5.41) is 11.5. The molecule has 1 unspecified atom stereocenters. The average Bonchev–Trinajstić information content (AvgIpc) is 3.10. The molecule has 0 amide bonds. The number of nitrogens with zero attached hydrogens (tertiary/aromatic N) is 1. The quantitative estimate of drug-likeness (QED) is 0.342. The number of hydrogen-bond donors (Lipinski definition) is 3. The fraction of sp³-hybridized carbons (Fsp3) is 0.562. The summed E-state index contributed by atoms with van der Waals surface area (Å²) in [7, 11) is -2.01. The van der Waals surface area contributed by atoms with E-state index in [9.17, 15) is 8.42 Å². The van der Waals surface area contributed by atoms with Gasteiger partial charge >= 0.3 is 0 Å². The van der Waals surface area contributed by atoms with Crippen molar-refractivity contribution in [2.75, 3.05) is 33.4 Å². The minimum Gasteiger partial charge on any atom is -0.379 e. The third kappa shape index (κ3) is 6.99. The predicted octanol–water partition coefficient (Wildman–Crippen LogP) is 0.195. The van der Waals surface area contributed by atoms with Crippen LogP contribution in [0.15, 0.2) is 34.2 Å². The monoisotopic (exact) mass is 370 g/mol. The van der Waals surface area contributed by atoms with E-state index >= 15 is 0 Å². The van der Waals surface area contributed by atoms with Crippen LogP contribution in [0.2, 0.25) is 0 Å². The van der Waals surface area contributed by atoms with E-state index in [1.165, 1.54) is 6.07 Å². The van der Waals surface area contributed by atoms with Crippen molar-refractivity contribution in [1.29, 1.82) is 0 Å². The van der Waals surface area contributed by atoms with E-state index in [1.54, 1.807) is 19.2 Å². The molecular weight excluding hydrogens is 344 g/mol. The Balaban J connectivity index is 1.69. The number of benzene rings is 1. The molecule has 1 atom stereocenters. The van der Waals surface area contributed by atoms with Crippen LogP contribution < -0.4 is 15.8 Å². The summed E-state index contributed by atoms with van der Waals surface area (Å²) in [5.41, 5.74) is 0.805. The summed E-state index contributed by atoms with van der Waals surface area (Å²) in [5.74, 6) is 0.644. The van der Waals surface area contributed by atoms with Crippen LogP contribution in [0.25, 0.3) is 0 Å². The number of ether oxygens (including phenoxy) is 2. The lowest BCUT2D eigenvalue weighted by Gasteiger charge is -2.13. The van der Waals surface area contributed by atoms with E-state index in [4.69, 9.17) is 14.6 Å². The van der Waals surface area contributed by atoms with Gasteiger partial charge in [0.25, 0.3) is 0 Å². The van der Waals surface area contributed by atoms with Crippen molar-refractivity contribution in [2.24, 2.45) is 10.1 Å². The van der Waals surface area contributed by atoms with Crippen LogP contribution >= 0.6 is 0 Å². The van der Waals surface area contributed by atoms with Crippen LogP contribution in [-0.4, -0.2) is 53.9 Å². The SMILES string of the molecule is CN=C(NCCCOC1CCOC1)NCc1cccc(S(N)(=O)=O)c1. The fourth-order valence-electron chi connectivity index (χ4n) is 2.41. The van der Waals surface area contributed by atoms with Crippen LogP contribution in [0.5, 0.6) is 0 Å². The third-order valence-corrected chi connectivity index (χ3v) is 4.68. The molecule has 25 heavy (non-hydrogen) atoms. The van der Waals surface area contributed by atoms with E-state index in [2.05, 4.69) is 15.6 Å². The molecule has 0 radical (unpaired) electrons. The fourth-order valence-corrected chi connectivity index (χ4v) is 3.00. The standard InChI is InChI=1S/C16H26N4O4S/c1-18-16(19-7-3-8-24-14-6-9-23-12-14)20-11-13-4-2-5-15(10-13)25(17,21)22/h2,4-5,10,14H,3,6-9,11-12H2,1H3,(H2,17,21,22)(H2,18,19,20). The molecule has 0 saturated carbocycles. The topological polar surface area (TPSA) is 115 Å². The molecule has 0 spiro atoms. The van der Waals surface area contributed by atoms with Crippen molar-refractivity contribution >= 4 is 16.0 Å². The highest BCUT2D eigenvalue weighted by atomic mass is 32.2. The molecule has 1 saturated heterocycles. The van der Waals surface area contributed by atoms with Crippen LogP contribution in [0.4, 0.5) is 0 Å². The van der Waals surface area contributed by atoms with Gasteiger partial charge in [-0.1, -0.05) is 12.1 Å². The molecule has 8 nitrogen and oxygen atoms in total. The zero-order valence-corrected chi connectivity index (χ0v) is 15.2. The van der Waals surface area contributed by atoms with E-state index in [0.29, 0.717) is 25.7 Å². The van der Waals surface area contributed by atoms with Gasteiger partial charge in [-0.05, 0) is 30.5 Å². The van der Waals surface area contributed by atoms with Crippen LogP contribution in [0.1, 0.15) is 18.4 Å². The Morgan fingerprint density at radius 2 is 2.28 bits per heavy atom. The summed E-state index contributed by atoms with van der Waals surface area (Å²) in [6, 6.07) is 6.51. The van der Waals surface area contributed by atoms with Crippen LogP contribution in [0.3, 0.4) is 0 Å². The van der Waals surface area contributed by atoms with Gasteiger partial charge in [-0.3, -0.25) is 4.99 Å². The minimum atomic E-state index is -3.69. The van der Waals surface area contributed by atoms with Gasteiger partial charge in [0.05, 0.1) is 17.6 Å². The minimum absolute atomic E-state index is 0.0998. The Morgan fingerprint density at radius 3 is 2.96 bits per heavy atom. The van der Waals surface area contributed by atoms with E-state index in [1.807, 2.05) is 6.07 Å². The Bertz CT molecular complexity index is 672. The van der Waals surface area contributed by atoms with Crippen molar-refractivity contribution in [3.05, 3.63) is 29.8 Å². The average molecular weight is 370 g/mol. The Labute approximate surface area is 148 Å². The van der Waals surface area contributed by atoms with Crippen molar-refractivity contribution in [2.45, 2.75) is 30.4 Å². The van der Waals surface area contributed by atoms with Crippen molar-refractivity contribution in [3.8, 4) is 0 Å². The van der Waals surface area contributed by atoms with Crippen LogP contribution in [-0.2, 0) is 26.0 Å². The zero-order valence-electron chi connectivity index (χ0n) is 14.4. The van der Waals surface area contributed by atoms with E-state index in [0.717, 1.165) is 31.6 Å². The number of sulfonamides is 1. The summed E-state index contributed by atoms with van der Waals surface area (Å²) < 4.78 is 33.7. The highest BCUT2D eigenvalue weighted by molar-refractivity contribution is 7.89. The summed E-state index contributed by atoms with van der Waals surface area (Å²) in [4.78, 5) is 4.24. The molecule has 0 aliphatic carbocycles. The first-order valence-electron chi connectivity index (χ1n) is 8.24. The number of primary sulfonamides is 1. The van der Waals surface area contributed by atoms with Crippen molar-refractivity contribution in [3.63, 3.8) is 0 Å². The molecule has 1 aliphatic heterocycles. The summed E-state index contributed by atoms with van der Waals surface area (Å²) >= 11 is 0.